The fraction of sp³-hybridized carbons (Fsp3) is 0.483. The zero-order chi connectivity index (χ0) is 27.4. The van der Waals surface area contributed by atoms with Crippen LogP contribution in [0.4, 0.5) is 0 Å². The molecule has 0 bridgehead atoms. The van der Waals surface area contributed by atoms with Crippen molar-refractivity contribution in [1.82, 2.24) is 10.3 Å². The molecule has 0 radical (unpaired) electrons. The lowest BCUT2D eigenvalue weighted by molar-refractivity contribution is -0.123. The van der Waals surface area contributed by atoms with Crippen LogP contribution in [0.15, 0.2) is 42.6 Å². The molecule has 0 saturated carbocycles. The number of carbonyl (C=O) groups is 4. The largest absolute Gasteiger partial charge is 0.379 e. The number of hydrogen-bond acceptors (Lipinski definition) is 7. The summed E-state index contributed by atoms with van der Waals surface area (Å²) >= 11 is 0. The molecule has 2 aromatic rings. The Morgan fingerprint density at radius 1 is 0.811 bits per heavy atom. The predicted octanol–water partition coefficient (Wildman–Crippen LogP) is 4.31. The molecule has 0 saturated heterocycles. The molecule has 0 aliphatic rings. The first-order chi connectivity index (χ1) is 17.6. The molecule has 1 atom stereocenters. The number of Topliss-reactive ketones (excluding diaryl/α,β-unsaturated/α-hetero) is 3. The first-order valence-corrected chi connectivity index (χ1v) is 12.7. The van der Waals surface area contributed by atoms with Crippen molar-refractivity contribution in [3.05, 3.63) is 53.7 Å². The molecule has 1 amide bonds. The van der Waals surface area contributed by atoms with Gasteiger partial charge in [0.25, 0.3) is 5.91 Å². The molecular weight excluding hydrogens is 472 g/mol. The molecule has 1 N–H and O–H groups in total. The van der Waals surface area contributed by atoms with Gasteiger partial charge >= 0.3 is 0 Å². The lowest BCUT2D eigenvalue weighted by Crippen LogP contribution is -2.42. The van der Waals surface area contributed by atoms with E-state index in [2.05, 4.69) is 10.3 Å². The van der Waals surface area contributed by atoms with Gasteiger partial charge in [0.15, 0.2) is 5.78 Å². The number of hydrogen-bond donors (Lipinski definition) is 1. The highest BCUT2D eigenvalue weighted by Gasteiger charge is 2.17. The van der Waals surface area contributed by atoms with Crippen LogP contribution in [0.3, 0.4) is 0 Å². The van der Waals surface area contributed by atoms with Gasteiger partial charge in [-0.15, -0.1) is 0 Å². The number of ketones is 3. The normalized spacial score (nSPS) is 12.0. The van der Waals surface area contributed by atoms with Crippen LogP contribution >= 0.6 is 0 Å². The summed E-state index contributed by atoms with van der Waals surface area (Å²) in [6.07, 6.45) is 2.09. The third kappa shape index (κ3) is 10.3. The van der Waals surface area contributed by atoms with Crippen molar-refractivity contribution in [3.63, 3.8) is 0 Å². The molecule has 1 aromatic heterocycles. The molecule has 8 heteroatoms. The fourth-order valence-electron chi connectivity index (χ4n) is 3.37. The lowest BCUT2D eigenvalue weighted by atomic mass is 9.99. The Hall–Kier alpha value is -3.23. The van der Waals surface area contributed by atoms with E-state index in [-0.39, 0.29) is 61.5 Å². The topological polar surface area (TPSA) is 112 Å². The molecule has 200 valence electrons. The van der Waals surface area contributed by atoms with Crippen LogP contribution in [0.1, 0.15) is 68.2 Å². The molecule has 0 spiro atoms. The SMILES string of the molecule is CC(=O)CCOCC(COCCC(=O)C(C)C)NC(=O)c1ccc(-c2ccc(C(=O)C(C)C)cc2)nc1. The van der Waals surface area contributed by atoms with Crippen molar-refractivity contribution in [2.24, 2.45) is 11.8 Å². The number of amides is 1. The molecule has 1 heterocycles. The van der Waals surface area contributed by atoms with Crippen LogP contribution in [0, 0.1) is 11.8 Å². The Balaban J connectivity index is 1.98. The van der Waals surface area contributed by atoms with Gasteiger partial charge in [0.05, 0.1) is 43.7 Å². The van der Waals surface area contributed by atoms with Crippen LogP contribution in [0.25, 0.3) is 11.3 Å². The minimum atomic E-state index is -0.459. The van der Waals surface area contributed by atoms with E-state index >= 15 is 0 Å². The van der Waals surface area contributed by atoms with Crippen molar-refractivity contribution in [2.75, 3.05) is 26.4 Å². The average molecular weight is 511 g/mol. The zero-order valence-corrected chi connectivity index (χ0v) is 22.4. The van der Waals surface area contributed by atoms with Gasteiger partial charge in [0, 0.05) is 42.0 Å². The number of pyridine rings is 1. The van der Waals surface area contributed by atoms with E-state index in [1.54, 1.807) is 24.3 Å². The van der Waals surface area contributed by atoms with E-state index in [1.807, 2.05) is 39.8 Å². The van der Waals surface area contributed by atoms with Crippen molar-refractivity contribution < 1.29 is 28.7 Å². The predicted molar refractivity (Wildman–Crippen MR) is 141 cm³/mol. The molecule has 2 rings (SSSR count). The molecule has 1 aromatic carbocycles. The standard InChI is InChI=1S/C29H38N2O6/c1-19(2)27(33)13-15-37-18-25(17-36-14-12-21(5)32)31-29(35)24-10-11-26(30-16-24)22-6-8-23(9-7-22)28(34)20(3)4/h6-11,16,19-20,25H,12-15,17-18H2,1-5H3,(H,31,35). The lowest BCUT2D eigenvalue weighted by Gasteiger charge is -2.19. The van der Waals surface area contributed by atoms with E-state index in [0.717, 1.165) is 5.56 Å². The van der Waals surface area contributed by atoms with E-state index in [9.17, 15) is 19.2 Å². The van der Waals surface area contributed by atoms with Crippen LogP contribution in [-0.2, 0) is 19.1 Å². The molecule has 37 heavy (non-hydrogen) atoms. The van der Waals surface area contributed by atoms with Gasteiger partial charge in [0.2, 0.25) is 0 Å². The Kier molecular flexibility index (Phi) is 12.3. The zero-order valence-electron chi connectivity index (χ0n) is 22.4. The van der Waals surface area contributed by atoms with Crippen LogP contribution < -0.4 is 5.32 Å². The van der Waals surface area contributed by atoms with E-state index in [1.165, 1.54) is 13.1 Å². The first kappa shape index (κ1) is 30.0. The molecule has 1 unspecified atom stereocenters. The highest BCUT2D eigenvalue weighted by molar-refractivity contribution is 5.98. The minimum Gasteiger partial charge on any atom is -0.379 e. The maximum atomic E-state index is 12.8. The summed E-state index contributed by atoms with van der Waals surface area (Å²) in [6, 6.07) is 10.2. The van der Waals surface area contributed by atoms with Crippen molar-refractivity contribution in [2.45, 2.75) is 53.5 Å². The number of ether oxygens (including phenoxy) is 2. The summed E-state index contributed by atoms with van der Waals surface area (Å²) in [5.74, 6) is -0.231. The third-order valence-electron chi connectivity index (χ3n) is 5.72. The van der Waals surface area contributed by atoms with E-state index in [4.69, 9.17) is 9.47 Å². The first-order valence-electron chi connectivity index (χ1n) is 12.7. The van der Waals surface area contributed by atoms with Crippen molar-refractivity contribution in [3.8, 4) is 11.3 Å². The van der Waals surface area contributed by atoms with Gasteiger partial charge in [-0.1, -0.05) is 52.0 Å². The average Bonchev–Trinajstić information content (AvgIpc) is 2.88. The maximum Gasteiger partial charge on any atom is 0.253 e. The number of rotatable bonds is 16. The smallest absolute Gasteiger partial charge is 0.253 e. The van der Waals surface area contributed by atoms with Crippen molar-refractivity contribution >= 4 is 23.3 Å². The number of nitrogens with one attached hydrogen (secondary N) is 1. The van der Waals surface area contributed by atoms with Gasteiger partial charge < -0.3 is 14.8 Å². The van der Waals surface area contributed by atoms with E-state index in [0.29, 0.717) is 29.7 Å². The number of carbonyl (C=O) groups excluding carboxylic acids is 4. The van der Waals surface area contributed by atoms with Crippen LogP contribution in [0.5, 0.6) is 0 Å². The minimum absolute atomic E-state index is 0.0244. The Bertz CT molecular complexity index is 1050. The van der Waals surface area contributed by atoms with Crippen LogP contribution in [-0.4, -0.2) is 60.7 Å². The van der Waals surface area contributed by atoms with E-state index < -0.39 is 6.04 Å². The Labute approximate surface area is 219 Å². The maximum absolute atomic E-state index is 12.8. The summed E-state index contributed by atoms with van der Waals surface area (Å²) in [7, 11) is 0. The summed E-state index contributed by atoms with van der Waals surface area (Å²) in [5, 5.41) is 2.89. The summed E-state index contributed by atoms with van der Waals surface area (Å²) in [5.41, 5.74) is 2.55. The number of aromatic nitrogens is 1. The third-order valence-corrected chi connectivity index (χ3v) is 5.72. The second kappa shape index (κ2) is 15.1. The monoisotopic (exact) mass is 510 g/mol. The summed E-state index contributed by atoms with van der Waals surface area (Å²) in [6.45, 7) is 9.77. The highest BCUT2D eigenvalue weighted by atomic mass is 16.5. The summed E-state index contributed by atoms with van der Waals surface area (Å²) in [4.78, 5) is 52.4. The second-order valence-electron chi connectivity index (χ2n) is 9.67. The Morgan fingerprint density at radius 3 is 1.92 bits per heavy atom. The van der Waals surface area contributed by atoms with Crippen molar-refractivity contribution in [1.29, 1.82) is 0 Å². The molecule has 8 nitrogen and oxygen atoms in total. The van der Waals surface area contributed by atoms with Crippen LogP contribution in [0.2, 0.25) is 0 Å². The highest BCUT2D eigenvalue weighted by Crippen LogP contribution is 2.19. The Morgan fingerprint density at radius 2 is 1.41 bits per heavy atom. The molecule has 0 aliphatic carbocycles. The molecule has 0 fully saturated rings. The fourth-order valence-corrected chi connectivity index (χ4v) is 3.37. The second-order valence-corrected chi connectivity index (χ2v) is 9.67. The molecule has 0 aliphatic heterocycles. The molecular formula is C29H38N2O6. The van der Waals surface area contributed by atoms with Gasteiger partial charge in [-0.25, -0.2) is 0 Å². The summed E-state index contributed by atoms with van der Waals surface area (Å²) < 4.78 is 11.2. The number of benzene rings is 1. The van der Waals surface area contributed by atoms with Gasteiger partial charge in [0.1, 0.15) is 11.6 Å². The quantitative estimate of drug-likeness (QED) is 0.264. The number of nitrogens with zero attached hydrogens (tertiary/aromatic N) is 1. The van der Waals surface area contributed by atoms with Gasteiger partial charge in [-0.05, 0) is 19.1 Å². The van der Waals surface area contributed by atoms with Gasteiger partial charge in [-0.3, -0.25) is 24.2 Å². The van der Waals surface area contributed by atoms with Gasteiger partial charge in [-0.2, -0.15) is 0 Å².